The summed E-state index contributed by atoms with van der Waals surface area (Å²) in [4.78, 5) is 20.7. The standard InChI is InChI=1S/C13H15N11/c1-3-13(4-2,5-14)22-10-19-11(23-8-15-6-17-23)21-12(20-10)24-9-16-7-18-24/h6-9H,3-4H2,1-2H3,(H,19,20,21,22). The number of nitrogens with zero attached hydrogens (tertiary/aromatic N) is 10. The van der Waals surface area contributed by atoms with E-state index in [4.69, 9.17) is 0 Å². The van der Waals surface area contributed by atoms with Crippen LogP contribution in [0.2, 0.25) is 0 Å². The van der Waals surface area contributed by atoms with Crippen LogP contribution in [-0.4, -0.2) is 50.0 Å². The average Bonchev–Trinajstić information content (AvgIpc) is 3.33. The number of nitrogens with one attached hydrogen (secondary N) is 1. The van der Waals surface area contributed by atoms with Crippen LogP contribution in [0.1, 0.15) is 26.7 Å². The minimum atomic E-state index is -0.763. The first-order valence-corrected chi connectivity index (χ1v) is 7.35. The molecule has 0 atom stereocenters. The third-order valence-electron chi connectivity index (χ3n) is 3.63. The van der Waals surface area contributed by atoms with E-state index in [-0.39, 0.29) is 17.8 Å². The fourth-order valence-corrected chi connectivity index (χ4v) is 2.06. The van der Waals surface area contributed by atoms with E-state index in [1.165, 1.54) is 34.7 Å². The Balaban J connectivity index is 2.07. The van der Waals surface area contributed by atoms with Crippen molar-refractivity contribution in [3.63, 3.8) is 0 Å². The van der Waals surface area contributed by atoms with Gasteiger partial charge in [0.2, 0.25) is 5.95 Å². The number of hydrogen-bond donors (Lipinski definition) is 1. The van der Waals surface area contributed by atoms with Crippen LogP contribution in [0, 0.1) is 11.3 Å². The summed E-state index contributed by atoms with van der Waals surface area (Å²) in [6.07, 6.45) is 6.90. The molecule has 3 aromatic rings. The van der Waals surface area contributed by atoms with E-state index in [0.717, 1.165) is 0 Å². The molecule has 0 amide bonds. The van der Waals surface area contributed by atoms with E-state index in [1.807, 2.05) is 13.8 Å². The Bertz CT molecular complexity index is 775. The zero-order chi connectivity index (χ0) is 17.0. The third-order valence-corrected chi connectivity index (χ3v) is 3.63. The summed E-state index contributed by atoms with van der Waals surface area (Å²) in [6, 6.07) is 2.29. The Labute approximate surface area is 137 Å². The maximum atomic E-state index is 9.51. The van der Waals surface area contributed by atoms with Gasteiger partial charge in [-0.15, -0.1) is 0 Å². The highest BCUT2D eigenvalue weighted by atomic mass is 15.4. The summed E-state index contributed by atoms with van der Waals surface area (Å²) in [5.74, 6) is 0.773. The zero-order valence-corrected chi connectivity index (χ0v) is 13.2. The summed E-state index contributed by atoms with van der Waals surface area (Å²) < 4.78 is 2.80. The highest BCUT2D eigenvalue weighted by Gasteiger charge is 2.27. The van der Waals surface area contributed by atoms with Crippen molar-refractivity contribution in [2.45, 2.75) is 32.2 Å². The zero-order valence-electron chi connectivity index (χ0n) is 13.2. The number of nitriles is 1. The summed E-state index contributed by atoms with van der Waals surface area (Å²) in [5, 5.41) is 20.6. The van der Waals surface area contributed by atoms with Gasteiger partial charge in [0.25, 0.3) is 11.9 Å². The number of anilines is 1. The van der Waals surface area contributed by atoms with Crippen LogP contribution >= 0.6 is 0 Å². The maximum Gasteiger partial charge on any atom is 0.258 e. The van der Waals surface area contributed by atoms with Gasteiger partial charge in [-0.25, -0.2) is 9.97 Å². The first-order valence-electron chi connectivity index (χ1n) is 7.35. The van der Waals surface area contributed by atoms with Gasteiger partial charge in [0, 0.05) is 0 Å². The van der Waals surface area contributed by atoms with Gasteiger partial charge < -0.3 is 5.32 Å². The molecule has 0 spiro atoms. The van der Waals surface area contributed by atoms with Crippen LogP contribution in [0.15, 0.2) is 25.3 Å². The quantitative estimate of drug-likeness (QED) is 0.687. The van der Waals surface area contributed by atoms with Gasteiger partial charge in [-0.2, -0.15) is 39.8 Å². The molecule has 3 aromatic heterocycles. The minimum absolute atomic E-state index is 0.256. The first kappa shape index (κ1) is 15.5. The van der Waals surface area contributed by atoms with E-state index in [0.29, 0.717) is 12.8 Å². The van der Waals surface area contributed by atoms with Crippen molar-refractivity contribution in [2.75, 3.05) is 5.32 Å². The van der Waals surface area contributed by atoms with Crippen molar-refractivity contribution in [3.05, 3.63) is 25.3 Å². The predicted molar refractivity (Wildman–Crippen MR) is 82.2 cm³/mol. The fourth-order valence-electron chi connectivity index (χ4n) is 2.06. The van der Waals surface area contributed by atoms with Gasteiger partial charge in [-0.1, -0.05) is 13.8 Å². The van der Waals surface area contributed by atoms with E-state index < -0.39 is 5.54 Å². The van der Waals surface area contributed by atoms with Crippen molar-refractivity contribution < 1.29 is 0 Å². The summed E-state index contributed by atoms with van der Waals surface area (Å²) >= 11 is 0. The Morgan fingerprint density at radius 1 is 1.00 bits per heavy atom. The summed E-state index contributed by atoms with van der Waals surface area (Å²) in [5.41, 5.74) is -0.763. The highest BCUT2D eigenvalue weighted by molar-refractivity contribution is 5.38. The topological polar surface area (TPSA) is 136 Å². The smallest absolute Gasteiger partial charge is 0.258 e. The van der Waals surface area contributed by atoms with Gasteiger partial charge in [0.15, 0.2) is 0 Å². The molecule has 0 radical (unpaired) electrons. The summed E-state index contributed by atoms with van der Waals surface area (Å²) in [7, 11) is 0. The van der Waals surface area contributed by atoms with Crippen LogP contribution in [0.5, 0.6) is 0 Å². The highest BCUT2D eigenvalue weighted by Crippen LogP contribution is 2.20. The van der Waals surface area contributed by atoms with E-state index in [2.05, 4.69) is 46.5 Å². The molecule has 11 heteroatoms. The molecule has 0 saturated carbocycles. The maximum absolute atomic E-state index is 9.51. The van der Waals surface area contributed by atoms with E-state index in [9.17, 15) is 5.26 Å². The second-order valence-electron chi connectivity index (χ2n) is 4.97. The molecule has 0 fully saturated rings. The van der Waals surface area contributed by atoms with Gasteiger partial charge in [-0.3, -0.25) is 0 Å². The van der Waals surface area contributed by atoms with Gasteiger partial charge >= 0.3 is 0 Å². The SMILES string of the molecule is CCC(C#N)(CC)Nc1nc(-n2cncn2)nc(-n2cncn2)n1. The predicted octanol–water partition coefficient (Wildman–Crippen LogP) is 0.527. The lowest BCUT2D eigenvalue weighted by molar-refractivity contribution is 0.542. The van der Waals surface area contributed by atoms with Crippen LogP contribution < -0.4 is 5.32 Å². The lowest BCUT2D eigenvalue weighted by atomic mass is 9.95. The van der Waals surface area contributed by atoms with Crippen LogP contribution in [0.3, 0.4) is 0 Å². The molecular weight excluding hydrogens is 310 g/mol. The average molecular weight is 325 g/mol. The fraction of sp³-hybridized carbons (Fsp3) is 0.385. The Kier molecular flexibility index (Phi) is 4.11. The van der Waals surface area contributed by atoms with Gasteiger partial charge in [0.05, 0.1) is 6.07 Å². The summed E-state index contributed by atoms with van der Waals surface area (Å²) in [6.45, 7) is 3.86. The molecule has 3 rings (SSSR count). The normalized spacial score (nSPS) is 11.2. The Morgan fingerprint density at radius 2 is 1.54 bits per heavy atom. The van der Waals surface area contributed by atoms with Crippen molar-refractivity contribution >= 4 is 5.95 Å². The molecule has 3 heterocycles. The van der Waals surface area contributed by atoms with Crippen molar-refractivity contribution in [1.29, 1.82) is 5.26 Å². The number of aromatic nitrogens is 9. The lowest BCUT2D eigenvalue weighted by Crippen LogP contribution is -2.36. The molecule has 0 aromatic carbocycles. The molecule has 11 nitrogen and oxygen atoms in total. The van der Waals surface area contributed by atoms with Crippen molar-refractivity contribution in [1.82, 2.24) is 44.5 Å². The Hall–Kier alpha value is -3.42. The Morgan fingerprint density at radius 3 is 1.92 bits per heavy atom. The molecule has 24 heavy (non-hydrogen) atoms. The van der Waals surface area contributed by atoms with Crippen LogP contribution in [0.25, 0.3) is 11.9 Å². The molecule has 0 bridgehead atoms. The van der Waals surface area contributed by atoms with Crippen molar-refractivity contribution in [2.24, 2.45) is 0 Å². The van der Waals surface area contributed by atoms with E-state index >= 15 is 0 Å². The van der Waals surface area contributed by atoms with E-state index in [1.54, 1.807) is 0 Å². The minimum Gasteiger partial charge on any atom is -0.336 e. The van der Waals surface area contributed by atoms with Gasteiger partial charge in [-0.05, 0) is 12.8 Å². The molecule has 122 valence electrons. The molecule has 0 aliphatic heterocycles. The molecule has 0 unspecified atom stereocenters. The monoisotopic (exact) mass is 325 g/mol. The second kappa shape index (κ2) is 6.37. The molecular formula is C13H15N11. The largest absolute Gasteiger partial charge is 0.336 e. The van der Waals surface area contributed by atoms with Crippen LogP contribution in [-0.2, 0) is 0 Å². The number of hydrogen-bond acceptors (Lipinski definition) is 9. The molecule has 0 saturated heterocycles. The van der Waals surface area contributed by atoms with Crippen LogP contribution in [0.4, 0.5) is 5.95 Å². The van der Waals surface area contributed by atoms with Gasteiger partial charge in [0.1, 0.15) is 30.8 Å². The van der Waals surface area contributed by atoms with Crippen molar-refractivity contribution in [3.8, 4) is 18.0 Å². The molecule has 1 N–H and O–H groups in total. The number of rotatable bonds is 6. The first-order chi connectivity index (χ1) is 11.7. The lowest BCUT2D eigenvalue weighted by Gasteiger charge is -2.24. The third kappa shape index (κ3) is 2.89. The molecule has 0 aliphatic carbocycles. The molecule has 0 aliphatic rings. The second-order valence-corrected chi connectivity index (χ2v) is 4.97.